The van der Waals surface area contributed by atoms with Crippen molar-refractivity contribution in [3.05, 3.63) is 72.3 Å². The van der Waals surface area contributed by atoms with Crippen LogP contribution in [0.1, 0.15) is 18.0 Å². The van der Waals surface area contributed by atoms with Crippen LogP contribution in [0.4, 0.5) is 22.7 Å². The summed E-state index contributed by atoms with van der Waals surface area (Å²) in [5.74, 6) is 1.43. The number of nitrogens with one attached hydrogen (secondary N) is 1. The standard InChI is InChI=1S/C25H27N3O3/c1-30-21-13-20(14-22(16-21)31-2)28(11-6-12-29)19-9-10-23-24(15-19)27-25(17-26-23)18-7-4-3-5-8-18/h3-5,7-10,13-17,25,27,29H,6,11-12H2,1-2H3. The summed E-state index contributed by atoms with van der Waals surface area (Å²) in [4.78, 5) is 6.81. The summed E-state index contributed by atoms with van der Waals surface area (Å²) >= 11 is 0. The van der Waals surface area contributed by atoms with Crippen molar-refractivity contribution < 1.29 is 14.6 Å². The zero-order chi connectivity index (χ0) is 21.6. The zero-order valence-electron chi connectivity index (χ0n) is 17.8. The SMILES string of the molecule is COc1cc(OC)cc(N(CCCO)c2ccc3c(c2)NC(c2ccccc2)C=N3)c1. The van der Waals surface area contributed by atoms with Gasteiger partial charge >= 0.3 is 0 Å². The second kappa shape index (κ2) is 9.53. The molecule has 160 valence electrons. The van der Waals surface area contributed by atoms with Crippen LogP contribution < -0.4 is 19.7 Å². The van der Waals surface area contributed by atoms with Crippen molar-refractivity contribution in [2.75, 3.05) is 37.6 Å². The van der Waals surface area contributed by atoms with E-state index in [0.29, 0.717) is 24.5 Å². The van der Waals surface area contributed by atoms with Gasteiger partial charge in [-0.15, -0.1) is 0 Å². The lowest BCUT2D eigenvalue weighted by Crippen LogP contribution is -2.20. The minimum Gasteiger partial charge on any atom is -0.497 e. The number of fused-ring (bicyclic) bond motifs is 1. The molecule has 1 aliphatic heterocycles. The number of nitrogens with zero attached hydrogens (tertiary/aromatic N) is 2. The summed E-state index contributed by atoms with van der Waals surface area (Å²) < 4.78 is 10.9. The van der Waals surface area contributed by atoms with Gasteiger partial charge < -0.3 is 24.8 Å². The van der Waals surface area contributed by atoms with Crippen LogP contribution in [0.15, 0.2) is 71.7 Å². The number of aliphatic hydroxyl groups excluding tert-OH is 1. The Morgan fingerprint density at radius 1 is 0.935 bits per heavy atom. The molecule has 3 aromatic rings. The lowest BCUT2D eigenvalue weighted by molar-refractivity contribution is 0.291. The molecule has 4 rings (SSSR count). The molecule has 1 heterocycles. The zero-order valence-corrected chi connectivity index (χ0v) is 17.8. The molecule has 1 unspecified atom stereocenters. The third kappa shape index (κ3) is 4.64. The number of methoxy groups -OCH3 is 2. The summed E-state index contributed by atoms with van der Waals surface area (Å²) in [5, 5.41) is 13.0. The molecule has 6 heteroatoms. The number of aliphatic imine (C=N–C) groups is 1. The van der Waals surface area contributed by atoms with Crippen molar-refractivity contribution in [3.8, 4) is 11.5 Å². The lowest BCUT2D eigenvalue weighted by Gasteiger charge is -2.28. The molecule has 0 saturated heterocycles. The molecule has 31 heavy (non-hydrogen) atoms. The highest BCUT2D eigenvalue weighted by Gasteiger charge is 2.18. The van der Waals surface area contributed by atoms with Gasteiger partial charge in [-0.2, -0.15) is 0 Å². The maximum atomic E-state index is 9.46. The number of rotatable bonds is 8. The van der Waals surface area contributed by atoms with Gasteiger partial charge in [-0.25, -0.2) is 0 Å². The van der Waals surface area contributed by atoms with Crippen LogP contribution in [0, 0.1) is 0 Å². The molecule has 3 aromatic carbocycles. The lowest BCUT2D eigenvalue weighted by atomic mass is 10.1. The highest BCUT2D eigenvalue weighted by atomic mass is 16.5. The fourth-order valence-electron chi connectivity index (χ4n) is 3.69. The number of hydrogen-bond donors (Lipinski definition) is 2. The molecule has 0 radical (unpaired) electrons. The van der Waals surface area contributed by atoms with Crippen molar-refractivity contribution in [3.63, 3.8) is 0 Å². The Hall–Kier alpha value is -3.51. The molecule has 6 nitrogen and oxygen atoms in total. The van der Waals surface area contributed by atoms with E-state index >= 15 is 0 Å². The minimum absolute atomic E-state index is 0.0201. The van der Waals surface area contributed by atoms with Gasteiger partial charge in [-0.1, -0.05) is 30.3 Å². The van der Waals surface area contributed by atoms with Crippen LogP contribution in [0.5, 0.6) is 11.5 Å². The van der Waals surface area contributed by atoms with Crippen molar-refractivity contribution in [1.29, 1.82) is 0 Å². The number of anilines is 3. The molecule has 0 amide bonds. The molecule has 0 fully saturated rings. The van der Waals surface area contributed by atoms with E-state index in [1.807, 2.05) is 54.7 Å². The van der Waals surface area contributed by atoms with Gasteiger partial charge in [0.15, 0.2) is 0 Å². The van der Waals surface area contributed by atoms with Crippen molar-refractivity contribution in [2.45, 2.75) is 12.5 Å². The molecule has 1 atom stereocenters. The first-order valence-corrected chi connectivity index (χ1v) is 10.3. The Kier molecular flexibility index (Phi) is 6.38. The van der Waals surface area contributed by atoms with Crippen LogP contribution in [-0.4, -0.2) is 38.7 Å². The number of hydrogen-bond acceptors (Lipinski definition) is 6. The fourth-order valence-corrected chi connectivity index (χ4v) is 3.69. The second-order valence-electron chi connectivity index (χ2n) is 7.31. The summed E-state index contributed by atoms with van der Waals surface area (Å²) in [6.45, 7) is 0.762. The maximum Gasteiger partial charge on any atom is 0.124 e. The quantitative estimate of drug-likeness (QED) is 0.534. The highest BCUT2D eigenvalue weighted by Crippen LogP contribution is 2.39. The molecule has 2 N–H and O–H groups in total. The van der Waals surface area contributed by atoms with Gasteiger partial charge in [0.1, 0.15) is 11.5 Å². The van der Waals surface area contributed by atoms with Crippen molar-refractivity contribution in [1.82, 2.24) is 0 Å². The number of benzene rings is 3. The third-order valence-electron chi connectivity index (χ3n) is 5.31. The first-order chi connectivity index (χ1) is 15.2. The average molecular weight is 418 g/mol. The Bertz CT molecular complexity index is 1030. The Morgan fingerprint density at radius 2 is 1.68 bits per heavy atom. The monoisotopic (exact) mass is 417 g/mol. The summed E-state index contributed by atoms with van der Waals surface area (Å²) in [7, 11) is 3.28. The molecular weight excluding hydrogens is 390 g/mol. The Labute approximate surface area is 182 Å². The van der Waals surface area contributed by atoms with E-state index in [2.05, 4.69) is 33.4 Å². The first kappa shape index (κ1) is 20.8. The highest BCUT2D eigenvalue weighted by molar-refractivity contribution is 5.86. The topological polar surface area (TPSA) is 66.3 Å². The second-order valence-corrected chi connectivity index (χ2v) is 7.31. The van der Waals surface area contributed by atoms with Gasteiger partial charge in [0, 0.05) is 48.9 Å². The average Bonchev–Trinajstić information content (AvgIpc) is 2.84. The molecule has 0 aliphatic carbocycles. The molecule has 0 bridgehead atoms. The van der Waals surface area contributed by atoms with Crippen LogP contribution in [0.25, 0.3) is 0 Å². The predicted octanol–water partition coefficient (Wildman–Crippen LogP) is 5.09. The van der Waals surface area contributed by atoms with Crippen LogP contribution in [0.2, 0.25) is 0 Å². The van der Waals surface area contributed by atoms with Gasteiger partial charge in [-0.3, -0.25) is 4.99 Å². The van der Waals surface area contributed by atoms with Crippen molar-refractivity contribution >= 4 is 29.0 Å². The van der Waals surface area contributed by atoms with E-state index in [1.54, 1.807) is 14.2 Å². The van der Waals surface area contributed by atoms with E-state index in [9.17, 15) is 5.11 Å². The van der Waals surface area contributed by atoms with Gasteiger partial charge in [0.25, 0.3) is 0 Å². The van der Waals surface area contributed by atoms with Crippen LogP contribution in [-0.2, 0) is 0 Å². The molecular formula is C25H27N3O3. The summed E-state index contributed by atoms with van der Waals surface area (Å²) in [6.07, 6.45) is 2.57. The van der Waals surface area contributed by atoms with E-state index in [1.165, 1.54) is 0 Å². The van der Waals surface area contributed by atoms with Crippen LogP contribution in [0.3, 0.4) is 0 Å². The minimum atomic E-state index is 0.0201. The largest absolute Gasteiger partial charge is 0.497 e. The van der Waals surface area contributed by atoms with Gasteiger partial charge in [-0.05, 0) is 30.2 Å². The van der Waals surface area contributed by atoms with E-state index in [0.717, 1.165) is 28.3 Å². The smallest absolute Gasteiger partial charge is 0.124 e. The number of aliphatic hydroxyl groups is 1. The number of ether oxygens (including phenoxy) is 2. The summed E-state index contributed by atoms with van der Waals surface area (Å²) in [6, 6.07) is 22.2. The third-order valence-corrected chi connectivity index (χ3v) is 5.31. The predicted molar refractivity (Wildman–Crippen MR) is 126 cm³/mol. The molecule has 0 aromatic heterocycles. The maximum absolute atomic E-state index is 9.46. The fraction of sp³-hybridized carbons (Fsp3) is 0.240. The molecule has 1 aliphatic rings. The van der Waals surface area contributed by atoms with Gasteiger partial charge in [0.05, 0.1) is 31.6 Å². The Balaban J connectivity index is 1.69. The summed E-state index contributed by atoms with van der Waals surface area (Å²) in [5.41, 5.74) is 4.97. The van der Waals surface area contributed by atoms with E-state index < -0.39 is 0 Å². The Morgan fingerprint density at radius 3 is 2.35 bits per heavy atom. The first-order valence-electron chi connectivity index (χ1n) is 10.3. The van der Waals surface area contributed by atoms with E-state index in [-0.39, 0.29) is 12.6 Å². The van der Waals surface area contributed by atoms with E-state index in [4.69, 9.17) is 9.47 Å². The normalized spacial score (nSPS) is 14.5. The van der Waals surface area contributed by atoms with Crippen molar-refractivity contribution in [2.24, 2.45) is 4.99 Å². The van der Waals surface area contributed by atoms with Gasteiger partial charge in [0.2, 0.25) is 0 Å². The molecule has 0 spiro atoms. The molecule has 0 saturated carbocycles. The van der Waals surface area contributed by atoms with Crippen LogP contribution >= 0.6 is 0 Å².